The maximum atomic E-state index is 12.8. The molecule has 0 spiro atoms. The number of thiazole rings is 1. The van der Waals surface area contributed by atoms with Crippen LogP contribution in [0, 0.1) is 5.82 Å². The second-order valence-electron chi connectivity index (χ2n) is 3.14. The molecule has 1 N–H and O–H groups in total. The number of nitrogens with one attached hydrogen (secondary N) is 1. The molecule has 0 saturated carbocycles. The monoisotopic (exact) mass is 211 g/mol. The lowest BCUT2D eigenvalue weighted by molar-refractivity contribution is 0.495. The topological polar surface area (TPSA) is 28.2 Å². The Kier molecular flexibility index (Phi) is 2.35. The van der Waals surface area contributed by atoms with Crippen LogP contribution in [0.25, 0.3) is 10.2 Å². The first-order valence-corrected chi connectivity index (χ1v) is 4.97. The molecule has 0 aliphatic carbocycles. The number of hydrogen-bond acceptors (Lipinski definition) is 4. The van der Waals surface area contributed by atoms with E-state index in [0.29, 0.717) is 5.52 Å². The van der Waals surface area contributed by atoms with E-state index in [9.17, 15) is 4.39 Å². The van der Waals surface area contributed by atoms with Crippen molar-refractivity contribution in [1.29, 1.82) is 0 Å². The zero-order valence-corrected chi connectivity index (χ0v) is 8.73. The van der Waals surface area contributed by atoms with E-state index in [1.807, 2.05) is 14.1 Å². The maximum absolute atomic E-state index is 12.8. The number of halogens is 1. The van der Waals surface area contributed by atoms with Gasteiger partial charge in [0, 0.05) is 20.2 Å². The van der Waals surface area contributed by atoms with Gasteiger partial charge in [0.25, 0.3) is 0 Å². The number of benzene rings is 1. The second-order valence-corrected chi connectivity index (χ2v) is 4.17. The summed E-state index contributed by atoms with van der Waals surface area (Å²) in [6.45, 7) is 0. The van der Waals surface area contributed by atoms with Gasteiger partial charge >= 0.3 is 0 Å². The summed E-state index contributed by atoms with van der Waals surface area (Å²) in [5.41, 5.74) is 3.73. The van der Waals surface area contributed by atoms with Crippen molar-refractivity contribution < 1.29 is 4.39 Å². The van der Waals surface area contributed by atoms with E-state index in [1.165, 1.54) is 23.5 Å². The van der Waals surface area contributed by atoms with E-state index in [2.05, 4.69) is 10.4 Å². The Labute approximate surface area is 85.1 Å². The van der Waals surface area contributed by atoms with Crippen LogP contribution in [0.15, 0.2) is 18.2 Å². The Morgan fingerprint density at radius 3 is 2.93 bits per heavy atom. The zero-order chi connectivity index (χ0) is 10.1. The molecule has 1 heterocycles. The average Bonchev–Trinajstić information content (AvgIpc) is 2.44. The van der Waals surface area contributed by atoms with Gasteiger partial charge in [0.2, 0.25) is 0 Å². The average molecular weight is 211 g/mol. The normalized spacial score (nSPS) is 11.1. The van der Waals surface area contributed by atoms with Crippen LogP contribution in [0.4, 0.5) is 9.52 Å². The van der Waals surface area contributed by atoms with Gasteiger partial charge in [-0.25, -0.2) is 14.4 Å². The van der Waals surface area contributed by atoms with Gasteiger partial charge < -0.3 is 0 Å². The Morgan fingerprint density at radius 2 is 2.21 bits per heavy atom. The molecule has 5 heteroatoms. The molecular weight excluding hydrogens is 201 g/mol. The first-order chi connectivity index (χ1) is 6.65. The summed E-state index contributed by atoms with van der Waals surface area (Å²) >= 11 is 1.50. The highest BCUT2D eigenvalue weighted by atomic mass is 32.1. The molecule has 0 aliphatic rings. The summed E-state index contributed by atoms with van der Waals surface area (Å²) in [6, 6.07) is 4.62. The molecule has 0 fully saturated rings. The van der Waals surface area contributed by atoms with Crippen LogP contribution in [0.5, 0.6) is 0 Å². The molecule has 3 nitrogen and oxygen atoms in total. The quantitative estimate of drug-likeness (QED) is 0.773. The number of fused-ring (bicyclic) bond motifs is 1. The number of nitrogens with zero attached hydrogens (tertiary/aromatic N) is 2. The summed E-state index contributed by atoms with van der Waals surface area (Å²) in [6.07, 6.45) is 0. The molecule has 1 aromatic heterocycles. The van der Waals surface area contributed by atoms with Crippen LogP contribution in [-0.2, 0) is 0 Å². The molecule has 0 saturated heterocycles. The SMILES string of the molecule is CN(C)Nc1nc2cc(F)ccc2s1. The van der Waals surface area contributed by atoms with Crippen LogP contribution in [-0.4, -0.2) is 24.1 Å². The molecule has 0 atom stereocenters. The Hall–Kier alpha value is -1.20. The predicted molar refractivity (Wildman–Crippen MR) is 56.9 cm³/mol. The van der Waals surface area contributed by atoms with Crippen molar-refractivity contribution in [1.82, 2.24) is 9.99 Å². The molecule has 0 aliphatic heterocycles. The largest absolute Gasteiger partial charge is 0.295 e. The van der Waals surface area contributed by atoms with Crippen molar-refractivity contribution in [3.05, 3.63) is 24.0 Å². The third kappa shape index (κ3) is 1.83. The van der Waals surface area contributed by atoms with Crippen LogP contribution in [0.2, 0.25) is 0 Å². The van der Waals surface area contributed by atoms with E-state index < -0.39 is 0 Å². The van der Waals surface area contributed by atoms with E-state index >= 15 is 0 Å². The maximum Gasteiger partial charge on any atom is 0.198 e. The van der Waals surface area contributed by atoms with Gasteiger partial charge in [-0.1, -0.05) is 11.3 Å². The van der Waals surface area contributed by atoms with E-state index in [1.54, 1.807) is 11.1 Å². The highest BCUT2D eigenvalue weighted by Gasteiger charge is 2.04. The first-order valence-electron chi connectivity index (χ1n) is 4.15. The number of hydrazine groups is 1. The van der Waals surface area contributed by atoms with E-state index in [4.69, 9.17) is 0 Å². The molecule has 0 radical (unpaired) electrons. The van der Waals surface area contributed by atoms with Gasteiger partial charge in [-0.2, -0.15) is 0 Å². The fourth-order valence-corrected chi connectivity index (χ4v) is 2.07. The minimum atomic E-state index is -0.251. The lowest BCUT2D eigenvalue weighted by Crippen LogP contribution is -2.19. The number of anilines is 1. The third-order valence-corrected chi connectivity index (χ3v) is 2.61. The van der Waals surface area contributed by atoms with Crippen LogP contribution in [0.1, 0.15) is 0 Å². The predicted octanol–water partition coefficient (Wildman–Crippen LogP) is 2.32. The lowest BCUT2D eigenvalue weighted by atomic mass is 10.3. The first kappa shape index (κ1) is 9.36. The van der Waals surface area contributed by atoms with Gasteiger partial charge in [-0.3, -0.25) is 5.43 Å². The molecule has 14 heavy (non-hydrogen) atoms. The second kappa shape index (κ2) is 3.51. The Morgan fingerprint density at radius 1 is 1.43 bits per heavy atom. The van der Waals surface area contributed by atoms with Crippen molar-refractivity contribution in [2.75, 3.05) is 19.5 Å². The fourth-order valence-electron chi connectivity index (χ4n) is 1.14. The number of hydrogen-bond donors (Lipinski definition) is 1. The molecule has 2 rings (SSSR count). The Bertz CT molecular complexity index is 452. The van der Waals surface area contributed by atoms with Crippen molar-refractivity contribution in [3.63, 3.8) is 0 Å². The highest BCUT2D eigenvalue weighted by Crippen LogP contribution is 2.26. The van der Waals surface area contributed by atoms with Crippen molar-refractivity contribution in [3.8, 4) is 0 Å². The molecule has 2 aromatic rings. The fraction of sp³-hybridized carbons (Fsp3) is 0.222. The third-order valence-electron chi connectivity index (χ3n) is 1.67. The minimum absolute atomic E-state index is 0.251. The zero-order valence-electron chi connectivity index (χ0n) is 7.91. The van der Waals surface area contributed by atoms with E-state index in [0.717, 1.165) is 9.83 Å². The molecule has 0 unspecified atom stereocenters. The minimum Gasteiger partial charge on any atom is -0.295 e. The van der Waals surface area contributed by atoms with Gasteiger partial charge in [0.1, 0.15) is 5.82 Å². The summed E-state index contributed by atoms with van der Waals surface area (Å²) in [7, 11) is 3.76. The number of rotatable bonds is 2. The lowest BCUT2D eigenvalue weighted by Gasteiger charge is -2.08. The van der Waals surface area contributed by atoms with Gasteiger partial charge in [-0.15, -0.1) is 0 Å². The smallest absolute Gasteiger partial charge is 0.198 e. The van der Waals surface area contributed by atoms with Gasteiger partial charge in [0.05, 0.1) is 10.2 Å². The van der Waals surface area contributed by atoms with Crippen LogP contribution < -0.4 is 5.43 Å². The van der Waals surface area contributed by atoms with Crippen molar-refractivity contribution in [2.45, 2.75) is 0 Å². The van der Waals surface area contributed by atoms with Gasteiger partial charge in [0.15, 0.2) is 5.13 Å². The van der Waals surface area contributed by atoms with Crippen molar-refractivity contribution in [2.24, 2.45) is 0 Å². The van der Waals surface area contributed by atoms with Gasteiger partial charge in [-0.05, 0) is 12.1 Å². The molecular formula is C9H10FN3S. The molecule has 0 amide bonds. The summed E-state index contributed by atoms with van der Waals surface area (Å²) in [5, 5.41) is 2.57. The Balaban J connectivity index is 2.41. The number of aromatic nitrogens is 1. The summed E-state index contributed by atoms with van der Waals surface area (Å²) in [4.78, 5) is 4.24. The highest BCUT2D eigenvalue weighted by molar-refractivity contribution is 7.22. The summed E-state index contributed by atoms with van der Waals surface area (Å²) < 4.78 is 13.8. The van der Waals surface area contributed by atoms with Crippen molar-refractivity contribution >= 4 is 26.7 Å². The summed E-state index contributed by atoms with van der Waals surface area (Å²) in [5.74, 6) is -0.251. The van der Waals surface area contributed by atoms with Crippen LogP contribution >= 0.6 is 11.3 Å². The molecule has 74 valence electrons. The van der Waals surface area contributed by atoms with Crippen LogP contribution in [0.3, 0.4) is 0 Å². The molecule has 0 bridgehead atoms. The molecule has 1 aromatic carbocycles. The van der Waals surface area contributed by atoms with E-state index in [-0.39, 0.29) is 5.82 Å². The standard InChI is InChI=1S/C9H10FN3S/c1-13(2)12-9-11-7-5-6(10)3-4-8(7)14-9/h3-5H,1-2H3,(H,11,12).